The summed E-state index contributed by atoms with van der Waals surface area (Å²) in [5.74, 6) is 0. The van der Waals surface area contributed by atoms with Crippen molar-refractivity contribution in [1.29, 1.82) is 0 Å². The largest absolute Gasteiger partial charge is 0.453 e. The lowest BCUT2D eigenvalue weighted by Gasteiger charge is -2.28. The SMILES string of the molecule is CC1(C)c2ccccc2-c2ccc(N(c3ccccc3)c3cccc4c3oc3c5ccccc5ccc43)cc21. The second-order valence-corrected chi connectivity index (χ2v) is 11.0. The number of furan rings is 1. The first-order valence-corrected chi connectivity index (χ1v) is 13.5. The van der Waals surface area contributed by atoms with Crippen LogP contribution in [0.4, 0.5) is 17.1 Å². The van der Waals surface area contributed by atoms with Crippen molar-refractivity contribution in [3.63, 3.8) is 0 Å². The molecule has 1 aliphatic rings. The van der Waals surface area contributed by atoms with Crippen LogP contribution in [0, 0.1) is 0 Å². The molecule has 0 aliphatic heterocycles. The highest BCUT2D eigenvalue weighted by Gasteiger charge is 2.35. The molecule has 7 aromatic rings. The number of para-hydroxylation sites is 2. The van der Waals surface area contributed by atoms with E-state index in [2.05, 4.69) is 146 Å². The van der Waals surface area contributed by atoms with Crippen LogP contribution in [0.3, 0.4) is 0 Å². The maximum atomic E-state index is 6.76. The first-order valence-electron chi connectivity index (χ1n) is 13.5. The van der Waals surface area contributed by atoms with E-state index in [1.807, 2.05) is 0 Å². The Hall–Kier alpha value is -4.82. The van der Waals surface area contributed by atoms with Crippen molar-refractivity contribution in [3.8, 4) is 11.1 Å². The summed E-state index contributed by atoms with van der Waals surface area (Å²) in [5.41, 5.74) is 10.4. The first kappa shape index (κ1) is 22.2. The molecular formula is C37H27NO. The number of fused-ring (bicyclic) bond motifs is 8. The van der Waals surface area contributed by atoms with E-state index >= 15 is 0 Å². The topological polar surface area (TPSA) is 16.4 Å². The number of anilines is 3. The van der Waals surface area contributed by atoms with Crippen molar-refractivity contribution < 1.29 is 4.42 Å². The van der Waals surface area contributed by atoms with Gasteiger partial charge in [-0.25, -0.2) is 0 Å². The Bertz CT molecular complexity index is 2050. The minimum atomic E-state index is -0.0748. The molecule has 0 atom stereocenters. The lowest BCUT2D eigenvalue weighted by atomic mass is 9.82. The Labute approximate surface area is 227 Å². The zero-order valence-electron chi connectivity index (χ0n) is 22.0. The van der Waals surface area contributed by atoms with Crippen LogP contribution in [-0.2, 0) is 5.41 Å². The molecule has 0 amide bonds. The van der Waals surface area contributed by atoms with Crippen LogP contribution < -0.4 is 4.90 Å². The van der Waals surface area contributed by atoms with Gasteiger partial charge < -0.3 is 9.32 Å². The van der Waals surface area contributed by atoms with Crippen molar-refractivity contribution in [2.45, 2.75) is 19.3 Å². The third kappa shape index (κ3) is 3.15. The molecule has 6 aromatic carbocycles. The molecule has 2 heteroatoms. The van der Waals surface area contributed by atoms with Gasteiger partial charge in [0, 0.05) is 32.9 Å². The Morgan fingerprint density at radius 2 is 1.23 bits per heavy atom. The van der Waals surface area contributed by atoms with Gasteiger partial charge in [0.1, 0.15) is 5.58 Å². The standard InChI is InChI=1S/C37H27NO/c1-37(2)32-17-9-8-15-28(32)29-22-20-26(23-33(29)37)38(25-12-4-3-5-13-25)34-18-10-16-30-31-21-19-24-11-6-7-14-27(24)35(31)39-36(30)34/h3-23H,1-2H3. The van der Waals surface area contributed by atoms with Crippen LogP contribution in [-0.4, -0.2) is 0 Å². The van der Waals surface area contributed by atoms with Crippen molar-refractivity contribution in [3.05, 3.63) is 139 Å². The summed E-state index contributed by atoms with van der Waals surface area (Å²) < 4.78 is 6.76. The van der Waals surface area contributed by atoms with Gasteiger partial charge in [-0.05, 0) is 64.0 Å². The molecule has 0 saturated carbocycles. The Morgan fingerprint density at radius 3 is 2.13 bits per heavy atom. The van der Waals surface area contributed by atoms with Gasteiger partial charge in [0.25, 0.3) is 0 Å². The second-order valence-electron chi connectivity index (χ2n) is 11.0. The first-order chi connectivity index (χ1) is 19.1. The number of hydrogen-bond acceptors (Lipinski definition) is 2. The quantitative estimate of drug-likeness (QED) is 0.239. The zero-order valence-corrected chi connectivity index (χ0v) is 22.0. The molecule has 0 N–H and O–H groups in total. The summed E-state index contributed by atoms with van der Waals surface area (Å²) in [6.07, 6.45) is 0. The van der Waals surface area contributed by atoms with Crippen LogP contribution in [0.1, 0.15) is 25.0 Å². The number of hydrogen-bond donors (Lipinski definition) is 0. The van der Waals surface area contributed by atoms with Crippen molar-refractivity contribution in [2.75, 3.05) is 4.90 Å². The summed E-state index contributed by atoms with van der Waals surface area (Å²) >= 11 is 0. The van der Waals surface area contributed by atoms with Crippen LogP contribution >= 0.6 is 0 Å². The molecule has 186 valence electrons. The molecule has 0 radical (unpaired) electrons. The van der Waals surface area contributed by atoms with Gasteiger partial charge in [-0.15, -0.1) is 0 Å². The molecule has 2 nitrogen and oxygen atoms in total. The predicted octanol–water partition coefficient (Wildman–Crippen LogP) is 10.5. The monoisotopic (exact) mass is 501 g/mol. The van der Waals surface area contributed by atoms with Gasteiger partial charge in [0.2, 0.25) is 0 Å². The van der Waals surface area contributed by atoms with Gasteiger partial charge in [-0.2, -0.15) is 0 Å². The third-order valence-electron chi connectivity index (χ3n) is 8.45. The van der Waals surface area contributed by atoms with E-state index in [1.54, 1.807) is 0 Å². The van der Waals surface area contributed by atoms with Gasteiger partial charge in [-0.1, -0.05) is 105 Å². The molecule has 0 unspecified atom stereocenters. The number of nitrogens with zero attached hydrogens (tertiary/aromatic N) is 1. The molecule has 0 spiro atoms. The van der Waals surface area contributed by atoms with E-state index in [0.29, 0.717) is 0 Å². The highest BCUT2D eigenvalue weighted by atomic mass is 16.3. The minimum Gasteiger partial charge on any atom is -0.453 e. The summed E-state index contributed by atoms with van der Waals surface area (Å²) in [5, 5.41) is 4.60. The van der Waals surface area contributed by atoms with E-state index in [0.717, 1.165) is 44.4 Å². The van der Waals surface area contributed by atoms with Crippen molar-refractivity contribution >= 4 is 49.8 Å². The highest BCUT2D eigenvalue weighted by molar-refractivity contribution is 6.17. The molecule has 1 heterocycles. The molecule has 0 saturated heterocycles. The van der Waals surface area contributed by atoms with Crippen LogP contribution in [0.15, 0.2) is 132 Å². The summed E-state index contributed by atoms with van der Waals surface area (Å²) in [7, 11) is 0. The van der Waals surface area contributed by atoms with E-state index in [9.17, 15) is 0 Å². The third-order valence-corrected chi connectivity index (χ3v) is 8.45. The van der Waals surface area contributed by atoms with E-state index in [-0.39, 0.29) is 5.41 Å². The molecule has 39 heavy (non-hydrogen) atoms. The summed E-state index contributed by atoms with van der Waals surface area (Å²) in [4.78, 5) is 2.34. The number of rotatable bonds is 3. The Kier molecular flexibility index (Phi) is 4.60. The van der Waals surface area contributed by atoms with E-state index < -0.39 is 0 Å². The molecule has 0 bridgehead atoms. The average Bonchev–Trinajstić information content (AvgIpc) is 3.48. The lowest BCUT2D eigenvalue weighted by Crippen LogP contribution is -2.16. The second kappa shape index (κ2) is 8.09. The smallest absolute Gasteiger partial charge is 0.159 e. The fraction of sp³-hybridized carbons (Fsp3) is 0.0811. The lowest BCUT2D eigenvalue weighted by molar-refractivity contribution is 0.660. The normalized spacial score (nSPS) is 13.6. The Balaban J connectivity index is 1.39. The van der Waals surface area contributed by atoms with Gasteiger partial charge in [0.05, 0.1) is 5.69 Å². The fourth-order valence-corrected chi connectivity index (χ4v) is 6.52. The Morgan fingerprint density at radius 1 is 0.513 bits per heavy atom. The van der Waals surface area contributed by atoms with Crippen molar-refractivity contribution in [1.82, 2.24) is 0 Å². The molecular weight excluding hydrogens is 474 g/mol. The van der Waals surface area contributed by atoms with Crippen LogP contribution in [0.2, 0.25) is 0 Å². The van der Waals surface area contributed by atoms with Gasteiger partial charge in [0.15, 0.2) is 5.58 Å². The predicted molar refractivity (Wildman–Crippen MR) is 163 cm³/mol. The highest BCUT2D eigenvalue weighted by Crippen LogP contribution is 2.51. The molecule has 1 aliphatic carbocycles. The summed E-state index contributed by atoms with van der Waals surface area (Å²) in [6.45, 7) is 4.67. The average molecular weight is 502 g/mol. The maximum absolute atomic E-state index is 6.76. The summed E-state index contributed by atoms with van der Waals surface area (Å²) in [6, 6.07) is 45.6. The minimum absolute atomic E-state index is 0.0748. The van der Waals surface area contributed by atoms with Crippen LogP contribution in [0.5, 0.6) is 0 Å². The molecule has 0 fully saturated rings. The zero-order chi connectivity index (χ0) is 26.1. The number of benzene rings is 6. The molecule has 1 aromatic heterocycles. The van der Waals surface area contributed by atoms with Crippen molar-refractivity contribution in [2.24, 2.45) is 0 Å². The maximum Gasteiger partial charge on any atom is 0.159 e. The van der Waals surface area contributed by atoms with Gasteiger partial charge in [-0.3, -0.25) is 0 Å². The fourth-order valence-electron chi connectivity index (χ4n) is 6.52. The van der Waals surface area contributed by atoms with E-state index in [4.69, 9.17) is 4.42 Å². The van der Waals surface area contributed by atoms with Gasteiger partial charge >= 0.3 is 0 Å². The van der Waals surface area contributed by atoms with Crippen LogP contribution in [0.25, 0.3) is 43.8 Å². The van der Waals surface area contributed by atoms with E-state index in [1.165, 1.54) is 27.6 Å². The molecule has 8 rings (SSSR count).